The van der Waals surface area contributed by atoms with Crippen molar-refractivity contribution in [3.05, 3.63) is 24.3 Å². The highest BCUT2D eigenvalue weighted by molar-refractivity contribution is 5.77. The SMILES string of the molecule is CCC(=O)NC(Nc1ccccc1O)(C(F)(F)F)C(F)(F)F. The highest BCUT2D eigenvalue weighted by atomic mass is 19.4. The number of phenols is 1. The van der Waals surface area contributed by atoms with Crippen LogP contribution in [0.15, 0.2) is 24.3 Å². The summed E-state index contributed by atoms with van der Waals surface area (Å²) >= 11 is 0. The molecule has 0 atom stereocenters. The molecule has 1 aromatic carbocycles. The van der Waals surface area contributed by atoms with Crippen LogP contribution < -0.4 is 10.6 Å². The van der Waals surface area contributed by atoms with E-state index in [0.29, 0.717) is 0 Å². The molecule has 0 unspecified atom stereocenters. The number of amides is 1. The Balaban J connectivity index is 3.43. The van der Waals surface area contributed by atoms with Gasteiger partial charge in [-0.15, -0.1) is 0 Å². The Morgan fingerprint density at radius 2 is 1.59 bits per heavy atom. The van der Waals surface area contributed by atoms with Crippen molar-refractivity contribution in [2.75, 3.05) is 5.32 Å². The van der Waals surface area contributed by atoms with Gasteiger partial charge < -0.3 is 15.7 Å². The van der Waals surface area contributed by atoms with E-state index in [0.717, 1.165) is 30.4 Å². The minimum Gasteiger partial charge on any atom is -0.506 e. The first-order valence-corrected chi connectivity index (χ1v) is 5.95. The lowest BCUT2D eigenvalue weighted by Gasteiger charge is -2.39. The summed E-state index contributed by atoms with van der Waals surface area (Å²) < 4.78 is 78.6. The van der Waals surface area contributed by atoms with Crippen LogP contribution in [0, 0.1) is 0 Å². The van der Waals surface area contributed by atoms with Crippen LogP contribution >= 0.6 is 0 Å². The summed E-state index contributed by atoms with van der Waals surface area (Å²) in [6.07, 6.45) is -12.4. The molecule has 0 saturated heterocycles. The molecule has 0 aliphatic heterocycles. The van der Waals surface area contributed by atoms with E-state index in [1.165, 1.54) is 11.4 Å². The Morgan fingerprint density at radius 3 is 2.00 bits per heavy atom. The van der Waals surface area contributed by atoms with Gasteiger partial charge in [-0.2, -0.15) is 26.3 Å². The van der Waals surface area contributed by atoms with Crippen LogP contribution in [0.5, 0.6) is 5.75 Å². The van der Waals surface area contributed by atoms with Crippen LogP contribution in [-0.2, 0) is 4.79 Å². The molecule has 1 amide bonds. The molecule has 1 aromatic rings. The predicted octanol–water partition coefficient (Wildman–Crippen LogP) is 3.15. The summed E-state index contributed by atoms with van der Waals surface area (Å²) in [5.41, 5.74) is -5.54. The van der Waals surface area contributed by atoms with E-state index in [2.05, 4.69) is 0 Å². The van der Waals surface area contributed by atoms with E-state index >= 15 is 0 Å². The quantitative estimate of drug-likeness (QED) is 0.451. The first kappa shape index (κ1) is 17.9. The number of benzene rings is 1. The summed E-state index contributed by atoms with van der Waals surface area (Å²) in [6.45, 7) is 1.10. The van der Waals surface area contributed by atoms with Crippen LogP contribution in [0.25, 0.3) is 0 Å². The summed E-state index contributed by atoms with van der Waals surface area (Å²) in [5.74, 6) is -2.29. The van der Waals surface area contributed by atoms with Crippen molar-refractivity contribution in [1.29, 1.82) is 0 Å². The number of rotatable bonds is 4. The van der Waals surface area contributed by atoms with Gasteiger partial charge >= 0.3 is 18.0 Å². The number of nitrogens with one attached hydrogen (secondary N) is 2. The second kappa shape index (κ2) is 5.93. The van der Waals surface area contributed by atoms with E-state index in [1.807, 2.05) is 0 Å². The number of alkyl halides is 6. The molecular formula is C12H12F6N2O2. The predicted molar refractivity (Wildman–Crippen MR) is 65.0 cm³/mol. The molecule has 10 heteroatoms. The molecule has 0 aliphatic rings. The lowest BCUT2D eigenvalue weighted by atomic mass is 10.1. The van der Waals surface area contributed by atoms with Gasteiger partial charge in [0.15, 0.2) is 0 Å². The van der Waals surface area contributed by atoms with E-state index in [4.69, 9.17) is 0 Å². The maximum absolute atomic E-state index is 13.1. The Hall–Kier alpha value is -2.13. The van der Waals surface area contributed by atoms with Gasteiger partial charge in [-0.05, 0) is 12.1 Å². The summed E-state index contributed by atoms with van der Waals surface area (Å²) in [6, 6.07) is 4.07. The van der Waals surface area contributed by atoms with Gasteiger partial charge in [0.1, 0.15) is 5.75 Å². The number of hydrogen-bond donors (Lipinski definition) is 3. The number of carbonyl (C=O) groups excluding carboxylic acids is 1. The van der Waals surface area contributed by atoms with Gasteiger partial charge in [0, 0.05) is 6.42 Å². The van der Waals surface area contributed by atoms with Crippen LogP contribution in [0.4, 0.5) is 32.0 Å². The third kappa shape index (κ3) is 3.37. The Labute approximate surface area is 121 Å². The molecule has 0 aliphatic carbocycles. The smallest absolute Gasteiger partial charge is 0.439 e. The zero-order chi connectivity index (χ0) is 17.2. The van der Waals surface area contributed by atoms with E-state index in [1.54, 1.807) is 0 Å². The average Bonchev–Trinajstić information content (AvgIpc) is 2.37. The van der Waals surface area contributed by atoms with E-state index in [-0.39, 0.29) is 0 Å². The maximum Gasteiger partial charge on any atom is 0.439 e. The van der Waals surface area contributed by atoms with Crippen molar-refractivity contribution in [3.8, 4) is 5.75 Å². The minimum absolute atomic E-state index is 0.587. The van der Waals surface area contributed by atoms with Gasteiger partial charge in [-0.1, -0.05) is 19.1 Å². The zero-order valence-electron chi connectivity index (χ0n) is 11.1. The maximum atomic E-state index is 13.1. The molecular weight excluding hydrogens is 318 g/mol. The zero-order valence-corrected chi connectivity index (χ0v) is 11.1. The van der Waals surface area contributed by atoms with Crippen LogP contribution in [0.3, 0.4) is 0 Å². The van der Waals surface area contributed by atoms with Gasteiger partial charge in [0.25, 0.3) is 0 Å². The van der Waals surface area contributed by atoms with Crippen molar-refractivity contribution in [3.63, 3.8) is 0 Å². The highest BCUT2D eigenvalue weighted by Crippen LogP contribution is 2.44. The van der Waals surface area contributed by atoms with Crippen molar-refractivity contribution in [1.82, 2.24) is 5.32 Å². The van der Waals surface area contributed by atoms with Crippen LogP contribution in [0.2, 0.25) is 0 Å². The molecule has 0 saturated carbocycles. The molecule has 0 spiro atoms. The molecule has 22 heavy (non-hydrogen) atoms. The molecule has 4 nitrogen and oxygen atoms in total. The second-order valence-electron chi connectivity index (χ2n) is 4.29. The summed E-state index contributed by atoms with van der Waals surface area (Å²) in [7, 11) is 0. The fourth-order valence-corrected chi connectivity index (χ4v) is 1.55. The van der Waals surface area contributed by atoms with Crippen molar-refractivity contribution < 1.29 is 36.2 Å². The van der Waals surface area contributed by atoms with Gasteiger partial charge in [-0.3, -0.25) is 4.79 Å². The lowest BCUT2D eigenvalue weighted by molar-refractivity contribution is -0.295. The average molecular weight is 330 g/mol. The number of para-hydroxylation sites is 2. The standard InChI is InChI=1S/C12H12F6N2O2/c1-2-9(22)20-10(11(13,14)15,12(16,17)18)19-7-5-3-4-6-8(7)21/h3-6,19,21H,2H2,1H3,(H,20,22). The Kier molecular flexibility index (Phi) is 4.83. The van der Waals surface area contributed by atoms with Gasteiger partial charge in [-0.25, -0.2) is 0 Å². The highest BCUT2D eigenvalue weighted by Gasteiger charge is 2.72. The van der Waals surface area contributed by atoms with Crippen molar-refractivity contribution >= 4 is 11.6 Å². The molecule has 0 bridgehead atoms. The summed E-state index contributed by atoms with van der Waals surface area (Å²) in [5, 5.41) is 11.5. The monoisotopic (exact) mass is 330 g/mol. The largest absolute Gasteiger partial charge is 0.506 e. The normalized spacial score (nSPS) is 12.9. The third-order valence-corrected chi connectivity index (χ3v) is 2.72. The number of hydrogen-bond acceptors (Lipinski definition) is 3. The molecule has 1 rings (SSSR count). The molecule has 0 radical (unpaired) electrons. The molecule has 3 N–H and O–H groups in total. The number of carbonyl (C=O) groups is 1. The topological polar surface area (TPSA) is 61.4 Å². The Morgan fingerprint density at radius 1 is 1.09 bits per heavy atom. The van der Waals surface area contributed by atoms with Gasteiger partial charge in [0.05, 0.1) is 5.69 Å². The lowest BCUT2D eigenvalue weighted by Crippen LogP contribution is -2.72. The Bertz CT molecular complexity index is 527. The number of anilines is 1. The number of aromatic hydroxyl groups is 1. The van der Waals surface area contributed by atoms with Crippen molar-refractivity contribution in [2.45, 2.75) is 31.4 Å². The second-order valence-corrected chi connectivity index (χ2v) is 4.29. The summed E-state index contributed by atoms with van der Waals surface area (Å²) in [4.78, 5) is 11.2. The molecule has 0 fully saturated rings. The van der Waals surface area contributed by atoms with E-state index < -0.39 is 41.8 Å². The number of halogens is 6. The minimum atomic E-state index is -5.90. The molecule has 0 heterocycles. The number of phenolic OH excluding ortho intramolecular Hbond substituents is 1. The molecule has 124 valence electrons. The fraction of sp³-hybridized carbons (Fsp3) is 0.417. The molecule has 0 aromatic heterocycles. The van der Waals surface area contributed by atoms with Gasteiger partial charge in [0.2, 0.25) is 5.91 Å². The van der Waals surface area contributed by atoms with Crippen LogP contribution in [-0.4, -0.2) is 29.0 Å². The first-order valence-electron chi connectivity index (χ1n) is 5.95. The van der Waals surface area contributed by atoms with Crippen molar-refractivity contribution in [2.24, 2.45) is 0 Å². The third-order valence-electron chi connectivity index (χ3n) is 2.72. The van der Waals surface area contributed by atoms with Crippen LogP contribution in [0.1, 0.15) is 13.3 Å². The van der Waals surface area contributed by atoms with E-state index in [9.17, 15) is 36.2 Å². The first-order chi connectivity index (χ1) is 9.94. The fourth-order valence-electron chi connectivity index (χ4n) is 1.55.